The Balaban J connectivity index is 2.28. The van der Waals surface area contributed by atoms with Crippen molar-refractivity contribution in [3.8, 4) is 6.07 Å². The number of rotatable bonds is 7. The van der Waals surface area contributed by atoms with E-state index in [9.17, 15) is 0 Å². The number of nitrogens with zero attached hydrogens (tertiary/aromatic N) is 3. The number of hydrogen-bond acceptors (Lipinski definition) is 3. The second-order valence-corrected chi connectivity index (χ2v) is 4.89. The van der Waals surface area contributed by atoms with Crippen LogP contribution in [0.4, 0.5) is 0 Å². The van der Waals surface area contributed by atoms with Crippen LogP contribution >= 0.6 is 0 Å². The van der Waals surface area contributed by atoms with Crippen LogP contribution in [-0.2, 0) is 11.3 Å². The fourth-order valence-electron chi connectivity index (χ4n) is 2.31. The molecule has 0 saturated heterocycles. The molecule has 0 saturated carbocycles. The van der Waals surface area contributed by atoms with Gasteiger partial charge in [0.15, 0.2) is 0 Å². The molecular weight excluding hydrogens is 250 g/mol. The van der Waals surface area contributed by atoms with Gasteiger partial charge in [0.25, 0.3) is 0 Å². The highest BCUT2D eigenvalue weighted by Gasteiger charge is 2.16. The minimum atomic E-state index is -0.0902. The van der Waals surface area contributed by atoms with Gasteiger partial charge in [0.2, 0.25) is 0 Å². The number of aryl methyl sites for hydroxylation is 1. The second-order valence-electron chi connectivity index (χ2n) is 4.89. The predicted molar refractivity (Wildman–Crippen MR) is 79.2 cm³/mol. The summed E-state index contributed by atoms with van der Waals surface area (Å²) in [6.07, 6.45) is 2.60. The van der Waals surface area contributed by atoms with Crippen molar-refractivity contribution in [1.82, 2.24) is 9.55 Å². The molecule has 0 aliphatic carbocycles. The van der Waals surface area contributed by atoms with Gasteiger partial charge in [0.1, 0.15) is 11.9 Å². The highest BCUT2D eigenvalue weighted by Crippen LogP contribution is 2.23. The number of ether oxygens (including phenoxy) is 1. The fraction of sp³-hybridized carbons (Fsp3) is 0.500. The van der Waals surface area contributed by atoms with Gasteiger partial charge in [-0.1, -0.05) is 25.5 Å². The molecule has 0 amide bonds. The molecule has 4 heteroatoms. The Bertz CT molecular complexity index is 597. The molecule has 0 bridgehead atoms. The number of imidazole rings is 1. The highest BCUT2D eigenvalue weighted by atomic mass is 16.5. The largest absolute Gasteiger partial charge is 0.370 e. The lowest BCUT2D eigenvalue weighted by atomic mass is 10.3. The van der Waals surface area contributed by atoms with Crippen LogP contribution in [0, 0.1) is 11.3 Å². The van der Waals surface area contributed by atoms with Crippen molar-refractivity contribution < 1.29 is 4.74 Å². The van der Waals surface area contributed by atoms with E-state index in [0.29, 0.717) is 13.0 Å². The molecule has 0 fully saturated rings. The molecule has 0 spiro atoms. The minimum Gasteiger partial charge on any atom is -0.370 e. The van der Waals surface area contributed by atoms with Gasteiger partial charge in [-0.2, -0.15) is 5.26 Å². The van der Waals surface area contributed by atoms with Crippen LogP contribution in [0.15, 0.2) is 24.3 Å². The molecule has 2 rings (SSSR count). The van der Waals surface area contributed by atoms with Crippen molar-refractivity contribution in [2.24, 2.45) is 0 Å². The summed E-state index contributed by atoms with van der Waals surface area (Å²) in [5, 5.41) is 8.58. The maximum absolute atomic E-state index is 8.58. The smallest absolute Gasteiger partial charge is 0.138 e. The van der Waals surface area contributed by atoms with Crippen molar-refractivity contribution in [3.05, 3.63) is 30.1 Å². The van der Waals surface area contributed by atoms with Crippen LogP contribution in [0.3, 0.4) is 0 Å². The molecular formula is C16H21N3O. The van der Waals surface area contributed by atoms with Crippen LogP contribution in [-0.4, -0.2) is 16.2 Å². The first-order valence-electron chi connectivity index (χ1n) is 7.21. The lowest BCUT2D eigenvalue weighted by Gasteiger charge is -2.14. The summed E-state index contributed by atoms with van der Waals surface area (Å²) in [4.78, 5) is 4.70. The fourth-order valence-corrected chi connectivity index (χ4v) is 2.31. The van der Waals surface area contributed by atoms with E-state index in [1.165, 1.54) is 0 Å². The van der Waals surface area contributed by atoms with Crippen molar-refractivity contribution in [2.45, 2.75) is 45.8 Å². The number of benzene rings is 1. The average molecular weight is 271 g/mol. The molecule has 0 aliphatic heterocycles. The van der Waals surface area contributed by atoms with Crippen molar-refractivity contribution in [1.29, 1.82) is 5.26 Å². The Kier molecular flexibility index (Phi) is 5.14. The van der Waals surface area contributed by atoms with Crippen molar-refractivity contribution >= 4 is 11.0 Å². The molecule has 0 aliphatic rings. The summed E-state index contributed by atoms with van der Waals surface area (Å²) in [6.45, 7) is 5.60. The van der Waals surface area contributed by atoms with Gasteiger partial charge in [-0.25, -0.2) is 4.98 Å². The van der Waals surface area contributed by atoms with E-state index < -0.39 is 0 Å². The lowest BCUT2D eigenvalue weighted by Crippen LogP contribution is -2.10. The normalized spacial score (nSPS) is 12.4. The summed E-state index contributed by atoms with van der Waals surface area (Å²) in [6, 6.07) is 10.3. The van der Waals surface area contributed by atoms with E-state index in [1.807, 2.05) is 25.1 Å². The lowest BCUT2D eigenvalue weighted by molar-refractivity contribution is 0.0616. The second kappa shape index (κ2) is 7.06. The van der Waals surface area contributed by atoms with Gasteiger partial charge in [-0.05, 0) is 25.5 Å². The first-order valence-corrected chi connectivity index (χ1v) is 7.21. The average Bonchev–Trinajstić information content (AvgIpc) is 2.84. The van der Waals surface area contributed by atoms with E-state index >= 15 is 0 Å². The van der Waals surface area contributed by atoms with Crippen LogP contribution in [0.25, 0.3) is 11.0 Å². The zero-order valence-corrected chi connectivity index (χ0v) is 12.2. The third-order valence-electron chi connectivity index (χ3n) is 3.36. The summed E-state index contributed by atoms with van der Waals surface area (Å²) < 4.78 is 7.96. The molecule has 1 aromatic carbocycles. The monoisotopic (exact) mass is 271 g/mol. The van der Waals surface area contributed by atoms with E-state index in [0.717, 1.165) is 36.2 Å². The van der Waals surface area contributed by atoms with Gasteiger partial charge in [-0.15, -0.1) is 0 Å². The maximum atomic E-state index is 8.58. The third-order valence-corrected chi connectivity index (χ3v) is 3.36. The number of aromatic nitrogens is 2. The standard InChI is InChI=1S/C16H21N3O/c1-3-4-11-19-15-9-6-5-8-14(15)18-16(19)13(2)20-12-7-10-17/h5-6,8-9,13H,3-4,7,11-12H2,1-2H3/t13-/m1/s1. The Labute approximate surface area is 120 Å². The van der Waals surface area contributed by atoms with Crippen LogP contribution in [0.5, 0.6) is 0 Å². The third kappa shape index (κ3) is 3.17. The zero-order chi connectivity index (χ0) is 14.4. The number of hydrogen-bond donors (Lipinski definition) is 0. The summed E-state index contributed by atoms with van der Waals surface area (Å²) >= 11 is 0. The van der Waals surface area contributed by atoms with Gasteiger partial charge < -0.3 is 9.30 Å². The van der Waals surface area contributed by atoms with Gasteiger partial charge in [-0.3, -0.25) is 0 Å². The highest BCUT2D eigenvalue weighted by molar-refractivity contribution is 5.75. The summed E-state index contributed by atoms with van der Waals surface area (Å²) in [5.41, 5.74) is 2.17. The van der Waals surface area contributed by atoms with Gasteiger partial charge in [0, 0.05) is 6.54 Å². The number of para-hydroxylation sites is 2. The Morgan fingerprint density at radius 2 is 2.20 bits per heavy atom. The molecule has 1 atom stereocenters. The molecule has 1 heterocycles. The van der Waals surface area contributed by atoms with Gasteiger partial charge in [0.05, 0.1) is 30.1 Å². The molecule has 0 unspecified atom stereocenters. The van der Waals surface area contributed by atoms with E-state index in [4.69, 9.17) is 15.0 Å². The maximum Gasteiger partial charge on any atom is 0.138 e. The topological polar surface area (TPSA) is 50.8 Å². The molecule has 106 valence electrons. The van der Waals surface area contributed by atoms with E-state index in [-0.39, 0.29) is 6.10 Å². The van der Waals surface area contributed by atoms with E-state index in [1.54, 1.807) is 0 Å². The Morgan fingerprint density at radius 1 is 1.40 bits per heavy atom. The quantitative estimate of drug-likeness (QED) is 0.719. The molecule has 0 N–H and O–H groups in total. The van der Waals surface area contributed by atoms with Crippen LogP contribution in [0.1, 0.15) is 45.0 Å². The number of nitriles is 1. The summed E-state index contributed by atoms with van der Waals surface area (Å²) in [7, 11) is 0. The summed E-state index contributed by atoms with van der Waals surface area (Å²) in [5.74, 6) is 0.956. The van der Waals surface area contributed by atoms with Gasteiger partial charge >= 0.3 is 0 Å². The predicted octanol–water partition coefficient (Wildman–Crippen LogP) is 3.83. The Morgan fingerprint density at radius 3 is 2.95 bits per heavy atom. The van der Waals surface area contributed by atoms with E-state index in [2.05, 4.69) is 23.6 Å². The molecule has 2 aromatic rings. The number of unbranched alkanes of at least 4 members (excludes halogenated alkanes) is 1. The van der Waals surface area contributed by atoms with Crippen molar-refractivity contribution in [3.63, 3.8) is 0 Å². The first kappa shape index (κ1) is 14.5. The van der Waals surface area contributed by atoms with Crippen LogP contribution in [0.2, 0.25) is 0 Å². The Hall–Kier alpha value is -1.86. The van der Waals surface area contributed by atoms with Crippen LogP contribution < -0.4 is 0 Å². The minimum absolute atomic E-state index is 0.0902. The van der Waals surface area contributed by atoms with Crippen molar-refractivity contribution in [2.75, 3.05) is 6.61 Å². The molecule has 4 nitrogen and oxygen atoms in total. The number of fused-ring (bicyclic) bond motifs is 1. The first-order chi connectivity index (χ1) is 9.77. The molecule has 0 radical (unpaired) electrons. The molecule has 1 aromatic heterocycles. The zero-order valence-electron chi connectivity index (χ0n) is 12.2. The SMILES string of the molecule is CCCCn1c([C@@H](C)OCCC#N)nc2ccccc21. The molecule has 20 heavy (non-hydrogen) atoms.